The highest BCUT2D eigenvalue weighted by atomic mass is 35.5. The molecule has 1 aromatic carbocycles. The molecule has 1 amide bonds. The van der Waals surface area contributed by atoms with E-state index in [1.54, 1.807) is 11.8 Å². The molecule has 0 fully saturated rings. The largest absolute Gasteiger partial charge is 0.346 e. The van der Waals surface area contributed by atoms with Crippen molar-refractivity contribution in [3.05, 3.63) is 35.1 Å². The van der Waals surface area contributed by atoms with Crippen LogP contribution in [0.15, 0.2) is 29.2 Å². The highest BCUT2D eigenvalue weighted by molar-refractivity contribution is 7.99. The molecule has 112 valence electrons. The summed E-state index contributed by atoms with van der Waals surface area (Å²) in [5.41, 5.74) is 0. The Morgan fingerprint density at radius 2 is 2.19 bits per heavy atom. The van der Waals surface area contributed by atoms with E-state index in [1.807, 2.05) is 31.2 Å². The fourth-order valence-electron chi connectivity index (χ4n) is 1.68. The van der Waals surface area contributed by atoms with E-state index in [9.17, 15) is 4.79 Å². The van der Waals surface area contributed by atoms with Crippen LogP contribution in [0.5, 0.6) is 0 Å². The minimum absolute atomic E-state index is 0.0102. The van der Waals surface area contributed by atoms with Crippen LogP contribution >= 0.6 is 23.4 Å². The van der Waals surface area contributed by atoms with Crippen molar-refractivity contribution in [1.29, 1.82) is 0 Å². The molecule has 0 aliphatic heterocycles. The summed E-state index contributed by atoms with van der Waals surface area (Å²) >= 11 is 7.54. The molecule has 2 rings (SSSR count). The molecule has 1 aromatic heterocycles. The second-order valence-electron chi connectivity index (χ2n) is 4.47. The van der Waals surface area contributed by atoms with Crippen LogP contribution in [0.3, 0.4) is 0 Å². The number of H-pyrrole nitrogens is 1. The predicted octanol–water partition coefficient (Wildman–Crippen LogP) is 2.60. The second kappa shape index (κ2) is 7.99. The van der Waals surface area contributed by atoms with Crippen LogP contribution in [-0.2, 0) is 4.79 Å². The van der Waals surface area contributed by atoms with Crippen molar-refractivity contribution in [2.45, 2.75) is 30.7 Å². The average molecular weight is 326 g/mol. The summed E-state index contributed by atoms with van der Waals surface area (Å²) in [6.07, 6.45) is 1.28. The van der Waals surface area contributed by atoms with Crippen LogP contribution in [0.1, 0.15) is 31.6 Å². The van der Waals surface area contributed by atoms with E-state index in [2.05, 4.69) is 25.9 Å². The van der Waals surface area contributed by atoms with Crippen LogP contribution in [0.2, 0.25) is 5.02 Å². The summed E-state index contributed by atoms with van der Waals surface area (Å²) in [4.78, 5) is 12.9. The number of thioether (sulfide) groups is 1. The number of aromatic nitrogens is 4. The molecule has 21 heavy (non-hydrogen) atoms. The second-order valence-corrected chi connectivity index (χ2v) is 6.07. The summed E-state index contributed by atoms with van der Waals surface area (Å²) in [6.45, 7) is 1.82. The third-order valence-electron chi connectivity index (χ3n) is 2.76. The first-order valence-corrected chi connectivity index (χ1v) is 7.92. The standard InChI is InChI=1S/C13H16ClN5OS/c1-9(13-16-18-19-17-13)15-12(20)3-2-8-21-11-6-4-10(14)5-7-11/h4-7,9H,2-3,8H2,1H3,(H,15,20)(H,16,17,18,19). The maximum atomic E-state index is 11.8. The first-order valence-electron chi connectivity index (χ1n) is 6.56. The van der Waals surface area contributed by atoms with Gasteiger partial charge >= 0.3 is 0 Å². The Morgan fingerprint density at radius 3 is 2.86 bits per heavy atom. The fourth-order valence-corrected chi connectivity index (χ4v) is 2.66. The molecular formula is C13H16ClN5OS. The van der Waals surface area contributed by atoms with Gasteiger partial charge in [0, 0.05) is 16.3 Å². The van der Waals surface area contributed by atoms with E-state index >= 15 is 0 Å². The van der Waals surface area contributed by atoms with Gasteiger partial charge in [-0.05, 0) is 43.4 Å². The van der Waals surface area contributed by atoms with Gasteiger partial charge in [0.15, 0.2) is 5.82 Å². The summed E-state index contributed by atoms with van der Waals surface area (Å²) in [5, 5.41) is 17.1. The Morgan fingerprint density at radius 1 is 1.43 bits per heavy atom. The van der Waals surface area contributed by atoms with Gasteiger partial charge in [-0.25, -0.2) is 0 Å². The van der Waals surface area contributed by atoms with Crippen molar-refractivity contribution in [3.8, 4) is 0 Å². The maximum Gasteiger partial charge on any atom is 0.220 e. The van der Waals surface area contributed by atoms with Crippen molar-refractivity contribution in [2.75, 3.05) is 5.75 Å². The molecule has 6 nitrogen and oxygen atoms in total. The number of aromatic amines is 1. The molecule has 0 bridgehead atoms. The zero-order chi connectivity index (χ0) is 15.1. The Hall–Kier alpha value is -1.60. The monoisotopic (exact) mass is 325 g/mol. The lowest BCUT2D eigenvalue weighted by atomic mass is 10.2. The molecule has 1 heterocycles. The van der Waals surface area contributed by atoms with Gasteiger partial charge in [0.05, 0.1) is 6.04 Å². The number of rotatable bonds is 7. The predicted molar refractivity (Wildman–Crippen MR) is 82.1 cm³/mol. The highest BCUT2D eigenvalue weighted by Crippen LogP contribution is 2.21. The number of amides is 1. The molecule has 0 aliphatic rings. The summed E-state index contributed by atoms with van der Waals surface area (Å²) in [6, 6.07) is 7.45. The van der Waals surface area contributed by atoms with Crippen molar-refractivity contribution >= 4 is 29.3 Å². The Bertz CT molecular complexity index is 560. The van der Waals surface area contributed by atoms with Gasteiger partial charge in [0.1, 0.15) is 0 Å². The lowest BCUT2D eigenvalue weighted by molar-refractivity contribution is -0.121. The van der Waals surface area contributed by atoms with Gasteiger partial charge < -0.3 is 5.32 Å². The van der Waals surface area contributed by atoms with Crippen LogP contribution in [0.4, 0.5) is 0 Å². The number of carbonyl (C=O) groups excluding carboxylic acids is 1. The van der Waals surface area contributed by atoms with Gasteiger partial charge in [-0.1, -0.05) is 16.8 Å². The molecule has 0 radical (unpaired) electrons. The molecule has 0 saturated heterocycles. The van der Waals surface area contributed by atoms with Crippen LogP contribution in [0.25, 0.3) is 0 Å². The molecule has 1 atom stereocenters. The van der Waals surface area contributed by atoms with Crippen LogP contribution < -0.4 is 5.32 Å². The normalized spacial score (nSPS) is 12.1. The third-order valence-corrected chi connectivity index (χ3v) is 4.11. The Labute approximate surface area is 132 Å². The molecule has 2 aromatic rings. The summed E-state index contributed by atoms with van der Waals surface area (Å²) in [5.74, 6) is 1.36. The summed E-state index contributed by atoms with van der Waals surface area (Å²) in [7, 11) is 0. The van der Waals surface area contributed by atoms with Gasteiger partial charge in [-0.15, -0.1) is 22.0 Å². The van der Waals surface area contributed by atoms with Gasteiger partial charge in [0.2, 0.25) is 5.91 Å². The topological polar surface area (TPSA) is 83.6 Å². The molecule has 0 aliphatic carbocycles. The average Bonchev–Trinajstić information content (AvgIpc) is 3.00. The van der Waals surface area contributed by atoms with Crippen molar-refractivity contribution in [2.24, 2.45) is 0 Å². The van der Waals surface area contributed by atoms with E-state index in [1.165, 1.54) is 0 Å². The van der Waals surface area contributed by atoms with Crippen molar-refractivity contribution < 1.29 is 4.79 Å². The first kappa shape index (κ1) is 15.8. The lowest BCUT2D eigenvalue weighted by Gasteiger charge is -2.09. The van der Waals surface area contributed by atoms with Crippen LogP contribution in [-0.4, -0.2) is 32.3 Å². The first-order chi connectivity index (χ1) is 10.1. The molecular weight excluding hydrogens is 310 g/mol. The summed E-state index contributed by atoms with van der Waals surface area (Å²) < 4.78 is 0. The number of carbonyl (C=O) groups is 1. The molecule has 0 saturated carbocycles. The quantitative estimate of drug-likeness (QED) is 0.604. The number of nitrogens with one attached hydrogen (secondary N) is 2. The van der Waals surface area contributed by atoms with Crippen molar-refractivity contribution in [3.63, 3.8) is 0 Å². The van der Waals surface area contributed by atoms with E-state index < -0.39 is 0 Å². The molecule has 0 spiro atoms. The van der Waals surface area contributed by atoms with E-state index in [-0.39, 0.29) is 11.9 Å². The van der Waals surface area contributed by atoms with E-state index in [4.69, 9.17) is 11.6 Å². The molecule has 2 N–H and O–H groups in total. The number of tetrazole rings is 1. The minimum Gasteiger partial charge on any atom is -0.346 e. The van der Waals surface area contributed by atoms with E-state index in [0.29, 0.717) is 12.2 Å². The van der Waals surface area contributed by atoms with E-state index in [0.717, 1.165) is 22.1 Å². The maximum absolute atomic E-state index is 11.8. The van der Waals surface area contributed by atoms with Gasteiger partial charge in [-0.2, -0.15) is 5.21 Å². The SMILES string of the molecule is CC(NC(=O)CCCSc1ccc(Cl)cc1)c1nn[nH]n1. The number of benzene rings is 1. The minimum atomic E-state index is -0.236. The number of hydrogen-bond acceptors (Lipinski definition) is 5. The molecule has 1 unspecified atom stereocenters. The number of hydrogen-bond donors (Lipinski definition) is 2. The Kier molecular flexibility index (Phi) is 6.01. The number of halogens is 1. The van der Waals surface area contributed by atoms with Crippen LogP contribution in [0, 0.1) is 0 Å². The fraction of sp³-hybridized carbons (Fsp3) is 0.385. The van der Waals surface area contributed by atoms with Gasteiger partial charge in [-0.3, -0.25) is 4.79 Å². The Balaban J connectivity index is 1.64. The lowest BCUT2D eigenvalue weighted by Crippen LogP contribution is -2.27. The zero-order valence-electron chi connectivity index (χ0n) is 11.5. The number of nitrogens with zero attached hydrogens (tertiary/aromatic N) is 3. The highest BCUT2D eigenvalue weighted by Gasteiger charge is 2.12. The smallest absolute Gasteiger partial charge is 0.220 e. The van der Waals surface area contributed by atoms with Crippen molar-refractivity contribution in [1.82, 2.24) is 25.9 Å². The third kappa shape index (κ3) is 5.35. The zero-order valence-corrected chi connectivity index (χ0v) is 13.1. The van der Waals surface area contributed by atoms with Gasteiger partial charge in [0.25, 0.3) is 0 Å². The molecule has 8 heteroatoms.